The third-order valence-electron chi connectivity index (χ3n) is 2.65. The number of hydrogen-bond acceptors (Lipinski definition) is 2. The summed E-state index contributed by atoms with van der Waals surface area (Å²) in [5, 5.41) is 0. The number of hydrogen-bond donors (Lipinski definition) is 0. The van der Waals surface area contributed by atoms with Crippen LogP contribution in [0.3, 0.4) is 0 Å². The van der Waals surface area contributed by atoms with Crippen molar-refractivity contribution in [2.24, 2.45) is 0 Å². The van der Waals surface area contributed by atoms with Crippen LogP contribution in [-0.4, -0.2) is 18.5 Å². The second kappa shape index (κ2) is 7.64. The van der Waals surface area contributed by atoms with Gasteiger partial charge in [-0.25, -0.2) is 4.39 Å². The number of benzene rings is 1. The predicted octanol–water partition coefficient (Wildman–Crippen LogP) is 3.91. The van der Waals surface area contributed by atoms with Gasteiger partial charge in [0.2, 0.25) is 0 Å². The third kappa shape index (κ3) is 4.50. The Balaban J connectivity index is 2.75. The molecule has 1 unspecified atom stereocenters. The summed E-state index contributed by atoms with van der Waals surface area (Å²) in [7, 11) is 0. The minimum Gasteiger partial charge on any atom is -0.371 e. The summed E-state index contributed by atoms with van der Waals surface area (Å²) >= 11 is 3.28. The molecule has 0 radical (unpaired) electrons. The molecule has 1 atom stereocenters. The van der Waals surface area contributed by atoms with Crippen molar-refractivity contribution < 1.29 is 13.9 Å². The van der Waals surface area contributed by atoms with Gasteiger partial charge in [0.05, 0.1) is 0 Å². The van der Waals surface area contributed by atoms with Gasteiger partial charge in [0, 0.05) is 17.5 Å². The van der Waals surface area contributed by atoms with E-state index >= 15 is 0 Å². The summed E-state index contributed by atoms with van der Waals surface area (Å²) in [6.07, 6.45) is 1.22. The lowest BCUT2D eigenvalue weighted by molar-refractivity contribution is -0.130. The molecular formula is C14H18BrFO2. The normalized spacial score (nSPS) is 12.4. The van der Waals surface area contributed by atoms with Gasteiger partial charge in [-0.1, -0.05) is 29.3 Å². The molecule has 0 aliphatic heterocycles. The fraction of sp³-hybridized carbons (Fsp3) is 0.500. The minimum atomic E-state index is -0.418. The molecule has 0 N–H and O–H groups in total. The van der Waals surface area contributed by atoms with Crippen LogP contribution < -0.4 is 0 Å². The van der Waals surface area contributed by atoms with Crippen LogP contribution in [0.1, 0.15) is 32.3 Å². The smallest absolute Gasteiger partial charge is 0.166 e. The van der Waals surface area contributed by atoms with Crippen LogP contribution in [0.2, 0.25) is 0 Å². The van der Waals surface area contributed by atoms with E-state index in [0.717, 1.165) is 10.9 Å². The van der Waals surface area contributed by atoms with Crippen molar-refractivity contribution in [3.8, 4) is 0 Å². The van der Waals surface area contributed by atoms with Crippen LogP contribution in [0.5, 0.6) is 0 Å². The van der Waals surface area contributed by atoms with Gasteiger partial charge >= 0.3 is 0 Å². The fourth-order valence-corrected chi connectivity index (χ4v) is 2.19. The molecule has 1 rings (SSSR count). The minimum absolute atomic E-state index is 0.0595. The van der Waals surface area contributed by atoms with Gasteiger partial charge in [-0.15, -0.1) is 0 Å². The molecule has 18 heavy (non-hydrogen) atoms. The lowest BCUT2D eigenvalue weighted by Gasteiger charge is -2.15. The Kier molecular flexibility index (Phi) is 6.50. The molecule has 0 fully saturated rings. The first kappa shape index (κ1) is 15.3. The second-order valence-corrected chi connectivity index (χ2v) is 5.03. The van der Waals surface area contributed by atoms with Gasteiger partial charge in [-0.3, -0.25) is 4.79 Å². The number of halogens is 2. The van der Waals surface area contributed by atoms with Crippen molar-refractivity contribution in [3.05, 3.63) is 34.1 Å². The maximum atomic E-state index is 13.6. The van der Waals surface area contributed by atoms with Gasteiger partial charge in [-0.2, -0.15) is 0 Å². The zero-order valence-corrected chi connectivity index (χ0v) is 12.3. The van der Waals surface area contributed by atoms with Crippen molar-refractivity contribution in [1.29, 1.82) is 0 Å². The molecule has 0 heterocycles. The molecule has 2 nitrogen and oxygen atoms in total. The molecular weight excluding hydrogens is 299 g/mol. The highest BCUT2D eigenvalue weighted by Gasteiger charge is 2.19. The second-order valence-electron chi connectivity index (χ2n) is 4.11. The summed E-state index contributed by atoms with van der Waals surface area (Å²) in [6, 6.07) is 4.62. The van der Waals surface area contributed by atoms with E-state index in [1.165, 1.54) is 6.07 Å². The topological polar surface area (TPSA) is 26.3 Å². The monoisotopic (exact) mass is 316 g/mol. The van der Waals surface area contributed by atoms with E-state index in [4.69, 9.17) is 4.74 Å². The van der Waals surface area contributed by atoms with Crippen molar-refractivity contribution in [1.82, 2.24) is 0 Å². The maximum Gasteiger partial charge on any atom is 0.166 e. The Morgan fingerprint density at radius 1 is 1.44 bits per heavy atom. The van der Waals surface area contributed by atoms with Crippen LogP contribution in [-0.2, 0) is 16.0 Å². The molecule has 0 amide bonds. The highest BCUT2D eigenvalue weighted by atomic mass is 79.9. The van der Waals surface area contributed by atoms with E-state index in [-0.39, 0.29) is 18.0 Å². The Hall–Kier alpha value is -0.740. The summed E-state index contributed by atoms with van der Waals surface area (Å²) in [5.41, 5.74) is 0.412. The predicted molar refractivity (Wildman–Crippen MR) is 73.1 cm³/mol. The summed E-state index contributed by atoms with van der Waals surface area (Å²) in [4.78, 5) is 12.0. The van der Waals surface area contributed by atoms with E-state index in [2.05, 4.69) is 15.9 Å². The average molecular weight is 317 g/mol. The van der Waals surface area contributed by atoms with E-state index in [0.29, 0.717) is 18.6 Å². The first-order valence-electron chi connectivity index (χ1n) is 6.16. The van der Waals surface area contributed by atoms with Crippen LogP contribution >= 0.6 is 15.9 Å². The standard InChI is InChI=1S/C14H18BrFO2/c1-3-5-14(18-4-2)13(17)9-10-8-11(15)6-7-12(10)16/h6-8,14H,3-5,9H2,1-2H3. The third-order valence-corrected chi connectivity index (χ3v) is 3.14. The lowest BCUT2D eigenvalue weighted by Crippen LogP contribution is -2.26. The molecule has 0 bridgehead atoms. The molecule has 0 spiro atoms. The quantitative estimate of drug-likeness (QED) is 0.762. The van der Waals surface area contributed by atoms with Crippen molar-refractivity contribution >= 4 is 21.7 Å². The zero-order chi connectivity index (χ0) is 13.5. The number of ether oxygens (including phenoxy) is 1. The van der Waals surface area contributed by atoms with Crippen LogP contribution in [0.4, 0.5) is 4.39 Å². The summed E-state index contributed by atoms with van der Waals surface area (Å²) in [5.74, 6) is -0.408. The Morgan fingerprint density at radius 3 is 2.78 bits per heavy atom. The molecule has 0 saturated heterocycles. The number of carbonyl (C=O) groups is 1. The molecule has 0 aromatic heterocycles. The highest BCUT2D eigenvalue weighted by molar-refractivity contribution is 9.10. The number of carbonyl (C=O) groups excluding carboxylic acids is 1. The van der Waals surface area contributed by atoms with Gasteiger partial charge < -0.3 is 4.74 Å². The number of ketones is 1. The molecule has 1 aromatic rings. The van der Waals surface area contributed by atoms with E-state index in [9.17, 15) is 9.18 Å². The van der Waals surface area contributed by atoms with E-state index < -0.39 is 6.10 Å². The van der Waals surface area contributed by atoms with E-state index in [1.807, 2.05) is 13.8 Å². The molecule has 0 saturated carbocycles. The van der Waals surface area contributed by atoms with Gasteiger partial charge in [0.25, 0.3) is 0 Å². The van der Waals surface area contributed by atoms with Crippen molar-refractivity contribution in [2.45, 2.75) is 39.2 Å². The largest absolute Gasteiger partial charge is 0.371 e. The first-order chi connectivity index (χ1) is 8.58. The molecule has 4 heteroatoms. The zero-order valence-electron chi connectivity index (χ0n) is 10.7. The van der Waals surface area contributed by atoms with E-state index in [1.54, 1.807) is 12.1 Å². The van der Waals surface area contributed by atoms with Crippen molar-refractivity contribution in [3.63, 3.8) is 0 Å². The van der Waals surface area contributed by atoms with Crippen LogP contribution in [0.25, 0.3) is 0 Å². The number of rotatable bonds is 7. The maximum absolute atomic E-state index is 13.6. The fourth-order valence-electron chi connectivity index (χ4n) is 1.78. The molecule has 1 aromatic carbocycles. The summed E-state index contributed by atoms with van der Waals surface area (Å²) < 4.78 is 19.7. The SMILES string of the molecule is CCCC(OCC)C(=O)Cc1cc(Br)ccc1F. The van der Waals surface area contributed by atoms with Crippen LogP contribution in [0.15, 0.2) is 22.7 Å². The Bertz CT molecular complexity index is 401. The summed E-state index contributed by atoms with van der Waals surface area (Å²) in [6.45, 7) is 4.35. The Labute approximate surface area is 116 Å². The van der Waals surface area contributed by atoms with Gasteiger partial charge in [0.1, 0.15) is 11.9 Å². The highest BCUT2D eigenvalue weighted by Crippen LogP contribution is 2.17. The van der Waals surface area contributed by atoms with Crippen molar-refractivity contribution in [2.75, 3.05) is 6.61 Å². The molecule has 100 valence electrons. The number of Topliss-reactive ketones (excluding diaryl/α,β-unsaturated/α-hetero) is 1. The average Bonchev–Trinajstić information content (AvgIpc) is 2.33. The molecule has 0 aliphatic carbocycles. The van der Waals surface area contributed by atoms with Gasteiger partial charge in [-0.05, 0) is 37.1 Å². The Morgan fingerprint density at radius 2 is 2.17 bits per heavy atom. The first-order valence-corrected chi connectivity index (χ1v) is 6.96. The van der Waals surface area contributed by atoms with Crippen LogP contribution in [0, 0.1) is 5.82 Å². The van der Waals surface area contributed by atoms with Gasteiger partial charge in [0.15, 0.2) is 5.78 Å². The molecule has 0 aliphatic rings. The lowest BCUT2D eigenvalue weighted by atomic mass is 10.0.